The van der Waals surface area contributed by atoms with E-state index in [9.17, 15) is 18.0 Å². The van der Waals surface area contributed by atoms with E-state index in [2.05, 4.69) is 15.6 Å². The molecule has 156 valence electrons. The number of anilines is 1. The number of carbonyl (C=O) groups excluding carboxylic acids is 1. The summed E-state index contributed by atoms with van der Waals surface area (Å²) in [6, 6.07) is 17.6. The Balaban J connectivity index is 1.47. The van der Waals surface area contributed by atoms with Gasteiger partial charge in [0.1, 0.15) is 12.4 Å². The number of benzene rings is 2. The first kappa shape index (κ1) is 21.2. The molecule has 0 aliphatic heterocycles. The van der Waals surface area contributed by atoms with Gasteiger partial charge in [-0.25, -0.2) is 0 Å². The van der Waals surface area contributed by atoms with E-state index < -0.39 is 11.7 Å². The second kappa shape index (κ2) is 9.78. The molecule has 0 radical (unpaired) electrons. The van der Waals surface area contributed by atoms with Gasteiger partial charge in [0.25, 0.3) is 0 Å². The molecule has 3 rings (SSSR count). The van der Waals surface area contributed by atoms with Crippen molar-refractivity contribution in [1.82, 2.24) is 10.3 Å². The maximum absolute atomic E-state index is 12.7. The third-order valence-electron chi connectivity index (χ3n) is 4.14. The van der Waals surface area contributed by atoms with E-state index in [0.717, 1.165) is 23.4 Å². The number of hydrogen-bond acceptors (Lipinski definition) is 4. The Morgan fingerprint density at radius 1 is 1.00 bits per heavy atom. The number of amides is 1. The lowest BCUT2D eigenvalue weighted by molar-refractivity contribution is -0.137. The summed E-state index contributed by atoms with van der Waals surface area (Å²) in [6.45, 7) is 0.457. The minimum Gasteiger partial charge on any atom is -0.487 e. The number of nitrogens with zero attached hydrogens (tertiary/aromatic N) is 1. The number of rotatable bonds is 8. The number of nitrogens with one attached hydrogen (secondary N) is 2. The predicted octanol–water partition coefficient (Wildman–Crippen LogP) is 4.41. The second-order valence-electron chi connectivity index (χ2n) is 6.47. The Bertz CT molecular complexity index is 979. The average molecular weight is 415 g/mol. The fraction of sp³-hybridized carbons (Fsp3) is 0.182. The highest BCUT2D eigenvalue weighted by molar-refractivity contribution is 5.80. The molecule has 0 bridgehead atoms. The zero-order valence-electron chi connectivity index (χ0n) is 15.9. The van der Waals surface area contributed by atoms with Crippen LogP contribution in [-0.4, -0.2) is 17.4 Å². The van der Waals surface area contributed by atoms with Gasteiger partial charge in [0.05, 0.1) is 17.8 Å². The van der Waals surface area contributed by atoms with Crippen LogP contribution in [-0.2, 0) is 24.1 Å². The lowest BCUT2D eigenvalue weighted by Crippen LogP contribution is -2.29. The summed E-state index contributed by atoms with van der Waals surface area (Å²) in [6.07, 6.45) is -2.73. The van der Waals surface area contributed by atoms with Crippen molar-refractivity contribution in [1.29, 1.82) is 0 Å². The minimum absolute atomic E-state index is 0.142. The van der Waals surface area contributed by atoms with Gasteiger partial charge in [-0.3, -0.25) is 9.78 Å². The topological polar surface area (TPSA) is 63.2 Å². The van der Waals surface area contributed by atoms with E-state index >= 15 is 0 Å². The molecule has 2 aromatic carbocycles. The minimum atomic E-state index is -4.43. The summed E-state index contributed by atoms with van der Waals surface area (Å²) in [7, 11) is 0. The summed E-state index contributed by atoms with van der Waals surface area (Å²) < 4.78 is 43.9. The van der Waals surface area contributed by atoms with Crippen LogP contribution in [0.1, 0.15) is 16.8 Å². The van der Waals surface area contributed by atoms with Crippen molar-refractivity contribution in [2.24, 2.45) is 0 Å². The molecule has 0 fully saturated rings. The lowest BCUT2D eigenvalue weighted by Gasteiger charge is -2.11. The molecule has 0 saturated heterocycles. The Morgan fingerprint density at radius 2 is 1.83 bits per heavy atom. The Morgan fingerprint density at radius 3 is 2.60 bits per heavy atom. The van der Waals surface area contributed by atoms with Gasteiger partial charge in [0.15, 0.2) is 0 Å². The molecule has 1 heterocycles. The highest BCUT2D eigenvalue weighted by Crippen LogP contribution is 2.30. The summed E-state index contributed by atoms with van der Waals surface area (Å²) in [5.74, 6) is 0.307. The van der Waals surface area contributed by atoms with E-state index in [1.807, 2.05) is 42.5 Å². The molecular weight excluding hydrogens is 395 g/mol. The van der Waals surface area contributed by atoms with Gasteiger partial charge in [-0.2, -0.15) is 13.2 Å². The Labute approximate surface area is 171 Å². The number of aromatic nitrogens is 1. The van der Waals surface area contributed by atoms with Crippen LogP contribution in [0.15, 0.2) is 72.9 Å². The number of carbonyl (C=O) groups is 1. The summed E-state index contributed by atoms with van der Waals surface area (Å²) in [4.78, 5) is 16.2. The first-order valence-corrected chi connectivity index (χ1v) is 9.19. The van der Waals surface area contributed by atoms with Gasteiger partial charge < -0.3 is 15.4 Å². The zero-order valence-corrected chi connectivity index (χ0v) is 15.9. The molecule has 0 unspecified atom stereocenters. The molecule has 0 aliphatic carbocycles. The molecule has 1 aromatic heterocycles. The largest absolute Gasteiger partial charge is 0.487 e. The van der Waals surface area contributed by atoms with Crippen LogP contribution < -0.4 is 15.4 Å². The van der Waals surface area contributed by atoms with Crippen molar-refractivity contribution in [3.05, 3.63) is 89.7 Å². The van der Waals surface area contributed by atoms with Gasteiger partial charge in [-0.1, -0.05) is 24.3 Å². The third kappa shape index (κ3) is 6.51. The Kier molecular flexibility index (Phi) is 6.90. The van der Waals surface area contributed by atoms with E-state index in [0.29, 0.717) is 12.4 Å². The molecule has 2 N–H and O–H groups in total. The van der Waals surface area contributed by atoms with Crippen molar-refractivity contribution >= 4 is 11.6 Å². The van der Waals surface area contributed by atoms with Gasteiger partial charge in [-0.05, 0) is 48.0 Å². The van der Waals surface area contributed by atoms with Crippen LogP contribution >= 0.6 is 0 Å². The van der Waals surface area contributed by atoms with Crippen LogP contribution in [0, 0.1) is 0 Å². The monoisotopic (exact) mass is 415 g/mol. The van der Waals surface area contributed by atoms with Crippen molar-refractivity contribution in [3.8, 4) is 5.75 Å². The van der Waals surface area contributed by atoms with E-state index in [4.69, 9.17) is 4.74 Å². The molecule has 0 saturated carbocycles. The van der Waals surface area contributed by atoms with Crippen LogP contribution in [0.3, 0.4) is 0 Å². The van der Waals surface area contributed by atoms with E-state index in [1.54, 1.807) is 6.20 Å². The normalized spacial score (nSPS) is 11.0. The number of ether oxygens (including phenoxy) is 1. The van der Waals surface area contributed by atoms with E-state index in [-0.39, 0.29) is 24.7 Å². The predicted molar refractivity (Wildman–Crippen MR) is 107 cm³/mol. The fourth-order valence-electron chi connectivity index (χ4n) is 2.64. The van der Waals surface area contributed by atoms with Gasteiger partial charge in [0.2, 0.25) is 5.91 Å². The fourth-order valence-corrected chi connectivity index (χ4v) is 2.64. The molecule has 1 amide bonds. The van der Waals surface area contributed by atoms with Crippen LogP contribution in [0.5, 0.6) is 5.75 Å². The number of hydrogen-bond donors (Lipinski definition) is 2. The van der Waals surface area contributed by atoms with Crippen molar-refractivity contribution in [2.75, 3.05) is 11.9 Å². The van der Waals surface area contributed by atoms with Crippen LogP contribution in [0.25, 0.3) is 0 Å². The molecule has 8 heteroatoms. The lowest BCUT2D eigenvalue weighted by atomic mass is 10.2. The number of alkyl halides is 3. The molecule has 0 spiro atoms. The van der Waals surface area contributed by atoms with Gasteiger partial charge in [0, 0.05) is 18.4 Å². The van der Waals surface area contributed by atoms with Crippen molar-refractivity contribution in [3.63, 3.8) is 0 Å². The molecule has 0 atom stereocenters. The quantitative estimate of drug-likeness (QED) is 0.572. The van der Waals surface area contributed by atoms with Crippen molar-refractivity contribution in [2.45, 2.75) is 19.3 Å². The summed E-state index contributed by atoms with van der Waals surface area (Å²) in [5, 5.41) is 5.42. The molecular formula is C22H20F3N3O2. The summed E-state index contributed by atoms with van der Waals surface area (Å²) >= 11 is 0. The van der Waals surface area contributed by atoms with Crippen molar-refractivity contribution < 1.29 is 22.7 Å². The van der Waals surface area contributed by atoms with Crippen LogP contribution in [0.2, 0.25) is 0 Å². The molecule has 3 aromatic rings. The first-order chi connectivity index (χ1) is 14.4. The number of pyridine rings is 1. The van der Waals surface area contributed by atoms with Crippen LogP contribution in [0.4, 0.5) is 18.9 Å². The standard InChI is InChI=1S/C22H20F3N3O2/c23-22(24,25)17-6-4-8-18(12-17)27-14-21(29)28-13-16-5-3-9-20(11-16)30-15-19-7-1-2-10-26-19/h1-12,27H,13-15H2,(H,28,29). The zero-order chi connectivity index (χ0) is 21.4. The molecule has 30 heavy (non-hydrogen) atoms. The highest BCUT2D eigenvalue weighted by atomic mass is 19.4. The van der Waals surface area contributed by atoms with Gasteiger partial charge >= 0.3 is 6.18 Å². The Hall–Kier alpha value is -3.55. The number of halogens is 3. The second-order valence-corrected chi connectivity index (χ2v) is 6.47. The summed E-state index contributed by atoms with van der Waals surface area (Å²) in [5.41, 5.74) is 1.10. The van der Waals surface area contributed by atoms with Gasteiger partial charge in [-0.15, -0.1) is 0 Å². The average Bonchev–Trinajstić information content (AvgIpc) is 2.75. The maximum atomic E-state index is 12.7. The first-order valence-electron chi connectivity index (χ1n) is 9.19. The molecule has 5 nitrogen and oxygen atoms in total. The third-order valence-corrected chi connectivity index (χ3v) is 4.14. The SMILES string of the molecule is O=C(CNc1cccc(C(F)(F)F)c1)NCc1cccc(OCc2ccccn2)c1. The maximum Gasteiger partial charge on any atom is 0.416 e. The molecule has 0 aliphatic rings. The van der Waals surface area contributed by atoms with E-state index in [1.165, 1.54) is 12.1 Å². The smallest absolute Gasteiger partial charge is 0.416 e. The highest BCUT2D eigenvalue weighted by Gasteiger charge is 2.30.